The fourth-order valence-electron chi connectivity index (χ4n) is 1.49. The van der Waals surface area contributed by atoms with E-state index in [0.29, 0.717) is 12.4 Å². The fourth-order valence-corrected chi connectivity index (χ4v) is 2.34. The predicted octanol–water partition coefficient (Wildman–Crippen LogP) is 2.48. The number of aliphatic hydroxyl groups excluding tert-OH is 1. The summed E-state index contributed by atoms with van der Waals surface area (Å²) >= 11 is 1.48. The smallest absolute Gasteiger partial charge is 0.145 e. The van der Waals surface area contributed by atoms with Crippen molar-refractivity contribution in [2.24, 2.45) is 0 Å². The van der Waals surface area contributed by atoms with Crippen molar-refractivity contribution in [2.45, 2.75) is 18.9 Å². The highest BCUT2D eigenvalue weighted by Crippen LogP contribution is 2.32. The molecule has 2 heterocycles. The maximum Gasteiger partial charge on any atom is 0.145 e. The molecule has 0 bridgehead atoms. The summed E-state index contributed by atoms with van der Waals surface area (Å²) in [6.07, 6.45) is 3.33. The summed E-state index contributed by atoms with van der Waals surface area (Å²) in [6.45, 7) is 0.700. The van der Waals surface area contributed by atoms with Crippen LogP contribution in [0, 0.1) is 0 Å². The van der Waals surface area contributed by atoms with Gasteiger partial charge in [0.1, 0.15) is 17.6 Å². The Labute approximate surface area is 93.0 Å². The van der Waals surface area contributed by atoms with E-state index in [1.165, 1.54) is 11.3 Å². The molecule has 2 rings (SSSR count). The lowest BCUT2D eigenvalue weighted by Gasteiger charge is -2.18. The highest BCUT2D eigenvalue weighted by Gasteiger charge is 2.18. The van der Waals surface area contributed by atoms with Gasteiger partial charge in [0.25, 0.3) is 0 Å². The highest BCUT2D eigenvalue weighted by molar-refractivity contribution is 7.10. The molecule has 15 heavy (non-hydrogen) atoms. The van der Waals surface area contributed by atoms with Crippen LogP contribution in [-0.2, 0) is 4.74 Å². The number of methoxy groups -OCH3 is 1. The molecule has 0 amide bonds. The van der Waals surface area contributed by atoms with E-state index in [4.69, 9.17) is 9.47 Å². The quantitative estimate of drug-likeness (QED) is 0.860. The molecule has 0 saturated carbocycles. The Morgan fingerprint density at radius 1 is 1.60 bits per heavy atom. The molecule has 82 valence electrons. The molecule has 3 nitrogen and oxygen atoms in total. The number of thiophene rings is 1. The minimum absolute atomic E-state index is 0.640. The topological polar surface area (TPSA) is 38.7 Å². The first kappa shape index (κ1) is 10.5. The van der Waals surface area contributed by atoms with Crippen molar-refractivity contribution in [1.29, 1.82) is 0 Å². The SMILES string of the molecule is COc1csc(C(O)C2=CCCCO2)c1. The minimum atomic E-state index is -0.640. The van der Waals surface area contributed by atoms with Crippen LogP contribution in [0.3, 0.4) is 0 Å². The summed E-state index contributed by atoms with van der Waals surface area (Å²) in [5.41, 5.74) is 0. The lowest BCUT2D eigenvalue weighted by molar-refractivity contribution is 0.0936. The number of ether oxygens (including phenoxy) is 2. The molecule has 0 radical (unpaired) electrons. The Morgan fingerprint density at radius 3 is 3.07 bits per heavy atom. The van der Waals surface area contributed by atoms with Gasteiger partial charge in [0.15, 0.2) is 0 Å². The van der Waals surface area contributed by atoms with Crippen LogP contribution in [0.4, 0.5) is 0 Å². The first-order chi connectivity index (χ1) is 7.31. The Morgan fingerprint density at radius 2 is 2.47 bits per heavy atom. The van der Waals surface area contributed by atoms with Gasteiger partial charge in [-0.15, -0.1) is 11.3 Å². The maximum absolute atomic E-state index is 10.0. The largest absolute Gasteiger partial charge is 0.496 e. The Bertz CT molecular complexity index is 356. The molecular weight excluding hydrogens is 212 g/mol. The molecule has 1 N–H and O–H groups in total. The highest BCUT2D eigenvalue weighted by atomic mass is 32.1. The molecule has 0 saturated heterocycles. The molecule has 0 aromatic carbocycles. The molecule has 1 aliphatic rings. The molecule has 1 unspecified atom stereocenters. The number of rotatable bonds is 3. The third-order valence-corrected chi connectivity index (χ3v) is 3.30. The van der Waals surface area contributed by atoms with E-state index < -0.39 is 6.10 Å². The summed E-state index contributed by atoms with van der Waals surface area (Å²) < 4.78 is 10.5. The summed E-state index contributed by atoms with van der Waals surface area (Å²) in [6, 6.07) is 1.84. The second-order valence-corrected chi connectivity index (χ2v) is 4.33. The molecule has 0 aliphatic carbocycles. The molecule has 0 spiro atoms. The lowest BCUT2D eigenvalue weighted by Crippen LogP contribution is -2.08. The molecular formula is C11H14O3S. The Balaban J connectivity index is 2.12. The van der Waals surface area contributed by atoms with Crippen LogP contribution < -0.4 is 4.74 Å². The van der Waals surface area contributed by atoms with Crippen molar-refractivity contribution in [3.63, 3.8) is 0 Å². The number of hydrogen-bond donors (Lipinski definition) is 1. The van der Waals surface area contributed by atoms with Crippen LogP contribution in [0.1, 0.15) is 23.8 Å². The number of allylic oxidation sites excluding steroid dienone is 1. The van der Waals surface area contributed by atoms with Gasteiger partial charge in [-0.25, -0.2) is 0 Å². The predicted molar refractivity (Wildman–Crippen MR) is 59.1 cm³/mol. The van der Waals surface area contributed by atoms with Gasteiger partial charge in [-0.3, -0.25) is 0 Å². The van der Waals surface area contributed by atoms with E-state index in [-0.39, 0.29) is 0 Å². The van der Waals surface area contributed by atoms with Gasteiger partial charge >= 0.3 is 0 Å². The number of hydrogen-bond acceptors (Lipinski definition) is 4. The van der Waals surface area contributed by atoms with Crippen LogP contribution in [0.2, 0.25) is 0 Å². The maximum atomic E-state index is 10.0. The summed E-state index contributed by atoms with van der Waals surface area (Å²) in [5.74, 6) is 1.45. The average Bonchev–Trinajstić information content (AvgIpc) is 2.78. The first-order valence-electron chi connectivity index (χ1n) is 4.94. The van der Waals surface area contributed by atoms with E-state index in [2.05, 4.69) is 0 Å². The van der Waals surface area contributed by atoms with Gasteiger partial charge in [0.05, 0.1) is 13.7 Å². The van der Waals surface area contributed by atoms with E-state index in [1.807, 2.05) is 17.5 Å². The molecule has 1 aromatic heterocycles. The van der Waals surface area contributed by atoms with Crippen molar-refractivity contribution in [2.75, 3.05) is 13.7 Å². The standard InChI is InChI=1S/C11H14O3S/c1-13-8-6-10(15-7-8)11(12)9-4-2-3-5-14-9/h4,6-7,11-12H,2-3,5H2,1H3. The fraction of sp³-hybridized carbons (Fsp3) is 0.455. The zero-order valence-electron chi connectivity index (χ0n) is 8.60. The van der Waals surface area contributed by atoms with E-state index in [0.717, 1.165) is 23.5 Å². The van der Waals surface area contributed by atoms with Crippen molar-refractivity contribution >= 4 is 11.3 Å². The van der Waals surface area contributed by atoms with E-state index in [1.54, 1.807) is 7.11 Å². The average molecular weight is 226 g/mol. The number of aliphatic hydroxyl groups is 1. The van der Waals surface area contributed by atoms with Crippen molar-refractivity contribution in [3.8, 4) is 5.75 Å². The minimum Gasteiger partial charge on any atom is -0.496 e. The zero-order chi connectivity index (χ0) is 10.7. The summed E-state index contributed by atoms with van der Waals surface area (Å²) in [5, 5.41) is 11.9. The van der Waals surface area contributed by atoms with Gasteiger partial charge in [-0.05, 0) is 25.0 Å². The molecule has 1 aliphatic heterocycles. The monoisotopic (exact) mass is 226 g/mol. The van der Waals surface area contributed by atoms with Crippen molar-refractivity contribution in [1.82, 2.24) is 0 Å². The van der Waals surface area contributed by atoms with Crippen LogP contribution in [-0.4, -0.2) is 18.8 Å². The van der Waals surface area contributed by atoms with Gasteiger partial charge < -0.3 is 14.6 Å². The second-order valence-electron chi connectivity index (χ2n) is 3.39. The molecule has 0 fully saturated rings. The van der Waals surface area contributed by atoms with Gasteiger partial charge in [0.2, 0.25) is 0 Å². The molecule has 1 atom stereocenters. The van der Waals surface area contributed by atoms with Gasteiger partial charge in [0, 0.05) is 10.3 Å². The van der Waals surface area contributed by atoms with Crippen molar-refractivity contribution < 1.29 is 14.6 Å². The first-order valence-corrected chi connectivity index (χ1v) is 5.82. The van der Waals surface area contributed by atoms with E-state index >= 15 is 0 Å². The van der Waals surface area contributed by atoms with Gasteiger partial charge in [-0.2, -0.15) is 0 Å². The van der Waals surface area contributed by atoms with Crippen LogP contribution in [0.5, 0.6) is 5.75 Å². The van der Waals surface area contributed by atoms with Crippen molar-refractivity contribution in [3.05, 3.63) is 28.2 Å². The summed E-state index contributed by atoms with van der Waals surface area (Å²) in [4.78, 5) is 0.861. The van der Waals surface area contributed by atoms with Crippen LogP contribution in [0.15, 0.2) is 23.3 Å². The third-order valence-electron chi connectivity index (χ3n) is 2.33. The second kappa shape index (κ2) is 4.68. The third kappa shape index (κ3) is 2.33. The lowest BCUT2D eigenvalue weighted by atomic mass is 10.1. The molecule has 1 aromatic rings. The molecule has 4 heteroatoms. The van der Waals surface area contributed by atoms with E-state index in [9.17, 15) is 5.11 Å². The van der Waals surface area contributed by atoms with Crippen LogP contribution >= 0.6 is 11.3 Å². The normalized spacial score (nSPS) is 17.9. The Hall–Kier alpha value is -1.00. The van der Waals surface area contributed by atoms with Crippen LogP contribution in [0.25, 0.3) is 0 Å². The zero-order valence-corrected chi connectivity index (χ0v) is 9.42. The van der Waals surface area contributed by atoms with Gasteiger partial charge in [-0.1, -0.05) is 0 Å². The Kier molecular flexibility index (Phi) is 3.28. The summed E-state index contributed by atoms with van der Waals surface area (Å²) in [7, 11) is 1.62.